The number of halogens is 1. The van der Waals surface area contributed by atoms with Crippen LogP contribution in [0.1, 0.15) is 5.56 Å². The predicted molar refractivity (Wildman–Crippen MR) is 49.0 cm³/mol. The number of benzene rings is 1. The van der Waals surface area contributed by atoms with Crippen LogP contribution < -0.4 is 4.74 Å². The lowest BCUT2D eigenvalue weighted by molar-refractivity contribution is 0.407. The third kappa shape index (κ3) is 1.85. The van der Waals surface area contributed by atoms with E-state index >= 15 is 0 Å². The maximum Gasteiger partial charge on any atom is 0.142 e. The van der Waals surface area contributed by atoms with Crippen molar-refractivity contribution in [2.24, 2.45) is 0 Å². The fourth-order valence-electron chi connectivity index (χ4n) is 0.972. The second-order valence-electron chi connectivity index (χ2n) is 2.42. The normalized spacial score (nSPS) is 9.31. The molecule has 0 saturated heterocycles. The zero-order valence-corrected chi connectivity index (χ0v) is 7.80. The van der Waals surface area contributed by atoms with Gasteiger partial charge in [0.2, 0.25) is 0 Å². The molecule has 0 bridgehead atoms. The Morgan fingerprint density at radius 3 is 2.85 bits per heavy atom. The van der Waals surface area contributed by atoms with Crippen molar-refractivity contribution in [2.45, 2.75) is 6.42 Å². The molecule has 0 aliphatic carbocycles. The Morgan fingerprint density at radius 2 is 2.31 bits per heavy atom. The van der Waals surface area contributed by atoms with Crippen molar-refractivity contribution < 1.29 is 9.84 Å². The minimum absolute atomic E-state index is 0.0810. The Morgan fingerprint density at radius 1 is 1.62 bits per heavy atom. The van der Waals surface area contributed by atoms with Crippen molar-refractivity contribution in [1.82, 2.24) is 0 Å². The van der Waals surface area contributed by atoms with Crippen molar-refractivity contribution >= 4 is 11.6 Å². The van der Waals surface area contributed by atoms with Crippen LogP contribution in [-0.4, -0.2) is 12.2 Å². The quantitative estimate of drug-likeness (QED) is 0.790. The van der Waals surface area contributed by atoms with Gasteiger partial charge in [-0.2, -0.15) is 5.26 Å². The van der Waals surface area contributed by atoms with Crippen LogP contribution in [0.2, 0.25) is 5.02 Å². The van der Waals surface area contributed by atoms with Gasteiger partial charge < -0.3 is 9.84 Å². The molecule has 13 heavy (non-hydrogen) atoms. The molecular formula is C9H8ClNO2. The van der Waals surface area contributed by atoms with Crippen LogP contribution in [0.25, 0.3) is 0 Å². The third-order valence-corrected chi connectivity index (χ3v) is 2.02. The van der Waals surface area contributed by atoms with E-state index in [2.05, 4.69) is 0 Å². The van der Waals surface area contributed by atoms with E-state index in [9.17, 15) is 5.11 Å². The monoisotopic (exact) mass is 197 g/mol. The van der Waals surface area contributed by atoms with Gasteiger partial charge in [-0.05, 0) is 6.07 Å². The Hall–Kier alpha value is -1.40. The van der Waals surface area contributed by atoms with Gasteiger partial charge in [0.25, 0.3) is 0 Å². The highest BCUT2D eigenvalue weighted by Gasteiger charge is 2.10. The number of aromatic hydroxyl groups is 1. The van der Waals surface area contributed by atoms with E-state index in [1.54, 1.807) is 12.1 Å². The molecular weight excluding hydrogens is 190 g/mol. The van der Waals surface area contributed by atoms with Crippen molar-refractivity contribution in [1.29, 1.82) is 5.26 Å². The van der Waals surface area contributed by atoms with Crippen molar-refractivity contribution in [3.05, 3.63) is 22.7 Å². The highest BCUT2D eigenvalue weighted by atomic mass is 35.5. The number of nitriles is 1. The Labute approximate surface area is 81.1 Å². The average Bonchev–Trinajstić information content (AvgIpc) is 2.14. The molecule has 0 saturated carbocycles. The Balaban J connectivity index is 3.17. The maximum atomic E-state index is 9.48. The first-order valence-corrected chi connectivity index (χ1v) is 3.99. The van der Waals surface area contributed by atoms with Crippen molar-refractivity contribution in [2.75, 3.05) is 7.11 Å². The molecule has 0 heterocycles. The topological polar surface area (TPSA) is 53.2 Å². The molecule has 0 aromatic heterocycles. The van der Waals surface area contributed by atoms with Crippen LogP contribution in [0, 0.1) is 11.3 Å². The molecule has 0 aliphatic heterocycles. The second-order valence-corrected chi connectivity index (χ2v) is 2.80. The molecule has 0 atom stereocenters. The number of ether oxygens (including phenoxy) is 1. The number of phenolic OH excluding ortho intramolecular Hbond substituents is 1. The van der Waals surface area contributed by atoms with Gasteiger partial charge in [-0.1, -0.05) is 17.7 Å². The highest BCUT2D eigenvalue weighted by Crippen LogP contribution is 2.35. The summed E-state index contributed by atoms with van der Waals surface area (Å²) < 4.78 is 4.88. The van der Waals surface area contributed by atoms with Crippen LogP contribution in [-0.2, 0) is 6.42 Å². The number of nitrogens with zero attached hydrogens (tertiary/aromatic N) is 1. The number of hydrogen-bond acceptors (Lipinski definition) is 3. The van der Waals surface area contributed by atoms with Gasteiger partial charge in [-0.25, -0.2) is 0 Å². The van der Waals surface area contributed by atoms with E-state index in [1.165, 1.54) is 7.11 Å². The maximum absolute atomic E-state index is 9.48. The lowest BCUT2D eigenvalue weighted by Crippen LogP contribution is -1.88. The van der Waals surface area contributed by atoms with Crippen LogP contribution in [0.15, 0.2) is 12.1 Å². The standard InChI is InChI=1S/C9H8ClNO2/c1-13-7-3-2-6(4-5-11)9(12)8(7)10/h2-3,12H,4H2,1H3. The van der Waals surface area contributed by atoms with E-state index in [0.29, 0.717) is 11.3 Å². The first-order chi connectivity index (χ1) is 6.20. The predicted octanol–water partition coefficient (Wildman–Crippen LogP) is 2.12. The zero-order valence-electron chi connectivity index (χ0n) is 7.04. The highest BCUT2D eigenvalue weighted by molar-refractivity contribution is 6.33. The molecule has 0 fully saturated rings. The summed E-state index contributed by atoms with van der Waals surface area (Å²) in [6.07, 6.45) is 0.134. The first kappa shape index (κ1) is 9.69. The lowest BCUT2D eigenvalue weighted by atomic mass is 10.1. The molecule has 0 radical (unpaired) electrons. The molecule has 1 rings (SSSR count). The lowest BCUT2D eigenvalue weighted by Gasteiger charge is -2.06. The third-order valence-electron chi connectivity index (χ3n) is 1.65. The smallest absolute Gasteiger partial charge is 0.142 e. The van der Waals surface area contributed by atoms with Crippen molar-refractivity contribution in [3.8, 4) is 17.6 Å². The van der Waals surface area contributed by atoms with Gasteiger partial charge >= 0.3 is 0 Å². The average molecular weight is 198 g/mol. The van der Waals surface area contributed by atoms with Crippen molar-refractivity contribution in [3.63, 3.8) is 0 Å². The van der Waals surface area contributed by atoms with Gasteiger partial charge in [0.15, 0.2) is 0 Å². The van der Waals surface area contributed by atoms with Gasteiger partial charge in [0, 0.05) is 5.56 Å². The van der Waals surface area contributed by atoms with Crippen LogP contribution in [0.3, 0.4) is 0 Å². The fourth-order valence-corrected chi connectivity index (χ4v) is 1.23. The van der Waals surface area contributed by atoms with Crippen LogP contribution in [0.4, 0.5) is 0 Å². The molecule has 0 amide bonds. The SMILES string of the molecule is COc1ccc(CC#N)c(O)c1Cl. The van der Waals surface area contributed by atoms with Crippen LogP contribution >= 0.6 is 11.6 Å². The molecule has 3 nitrogen and oxygen atoms in total. The van der Waals surface area contributed by atoms with Crippen LogP contribution in [0.5, 0.6) is 11.5 Å². The summed E-state index contributed by atoms with van der Waals surface area (Å²) in [5.41, 5.74) is 0.508. The summed E-state index contributed by atoms with van der Waals surface area (Å²) in [5, 5.41) is 18.1. The fraction of sp³-hybridized carbons (Fsp3) is 0.222. The molecule has 0 aliphatic rings. The van der Waals surface area contributed by atoms with E-state index in [1.807, 2.05) is 6.07 Å². The molecule has 1 aromatic rings. The summed E-state index contributed by atoms with van der Waals surface area (Å²) in [6.45, 7) is 0. The minimum Gasteiger partial charge on any atom is -0.506 e. The molecule has 1 aromatic carbocycles. The number of methoxy groups -OCH3 is 1. The zero-order chi connectivity index (χ0) is 9.84. The largest absolute Gasteiger partial charge is 0.506 e. The van der Waals surface area contributed by atoms with Gasteiger partial charge in [0.1, 0.15) is 16.5 Å². The minimum atomic E-state index is -0.0810. The van der Waals surface area contributed by atoms with E-state index in [-0.39, 0.29) is 17.2 Å². The second kappa shape index (κ2) is 4.01. The molecule has 0 unspecified atom stereocenters. The van der Waals surface area contributed by atoms with E-state index in [0.717, 1.165) is 0 Å². The Bertz CT molecular complexity index is 357. The molecule has 0 spiro atoms. The van der Waals surface area contributed by atoms with Gasteiger partial charge in [0.05, 0.1) is 19.6 Å². The van der Waals surface area contributed by atoms with Gasteiger partial charge in [-0.15, -0.1) is 0 Å². The van der Waals surface area contributed by atoms with E-state index in [4.69, 9.17) is 21.6 Å². The summed E-state index contributed by atoms with van der Waals surface area (Å²) in [5.74, 6) is 0.323. The summed E-state index contributed by atoms with van der Waals surface area (Å²) in [4.78, 5) is 0. The van der Waals surface area contributed by atoms with E-state index < -0.39 is 0 Å². The summed E-state index contributed by atoms with van der Waals surface area (Å²) in [7, 11) is 1.46. The summed E-state index contributed by atoms with van der Waals surface area (Å²) >= 11 is 5.75. The molecule has 1 N–H and O–H groups in total. The molecule has 68 valence electrons. The number of rotatable bonds is 2. The Kier molecular flexibility index (Phi) is 2.99. The number of phenols is 1. The first-order valence-electron chi connectivity index (χ1n) is 3.62. The molecule has 4 heteroatoms. The number of hydrogen-bond donors (Lipinski definition) is 1. The van der Waals surface area contributed by atoms with Gasteiger partial charge in [-0.3, -0.25) is 0 Å². The summed E-state index contributed by atoms with van der Waals surface area (Å²) in [6, 6.07) is 5.16.